The van der Waals surface area contributed by atoms with E-state index in [1.54, 1.807) is 18.4 Å². The SMILES string of the molecule is COc1ccc(-c2n[nH]c(CNC(=O)c3csc4c3CCC(C)C4)n2)cc1. The summed E-state index contributed by atoms with van der Waals surface area (Å²) < 4.78 is 5.16. The lowest BCUT2D eigenvalue weighted by Crippen LogP contribution is -2.24. The number of aromatic nitrogens is 3. The average molecular weight is 382 g/mol. The summed E-state index contributed by atoms with van der Waals surface area (Å²) in [5.74, 6) is 2.69. The molecule has 1 aliphatic rings. The highest BCUT2D eigenvalue weighted by Gasteiger charge is 2.23. The number of H-pyrrole nitrogens is 1. The van der Waals surface area contributed by atoms with Gasteiger partial charge in [-0.2, -0.15) is 5.10 Å². The summed E-state index contributed by atoms with van der Waals surface area (Å²) in [5, 5.41) is 12.1. The van der Waals surface area contributed by atoms with Gasteiger partial charge in [-0.3, -0.25) is 9.89 Å². The van der Waals surface area contributed by atoms with Gasteiger partial charge in [-0.15, -0.1) is 11.3 Å². The van der Waals surface area contributed by atoms with Crippen LogP contribution in [0.25, 0.3) is 11.4 Å². The van der Waals surface area contributed by atoms with Gasteiger partial charge < -0.3 is 10.1 Å². The van der Waals surface area contributed by atoms with E-state index in [0.29, 0.717) is 24.1 Å². The molecule has 140 valence electrons. The highest BCUT2D eigenvalue weighted by atomic mass is 32.1. The van der Waals surface area contributed by atoms with E-state index in [1.165, 1.54) is 10.4 Å². The molecule has 0 saturated heterocycles. The minimum Gasteiger partial charge on any atom is -0.497 e. The van der Waals surface area contributed by atoms with Crippen molar-refractivity contribution < 1.29 is 9.53 Å². The molecular formula is C20H22N4O2S. The minimum atomic E-state index is -0.0375. The largest absolute Gasteiger partial charge is 0.497 e. The number of fused-ring (bicyclic) bond motifs is 1. The Morgan fingerprint density at radius 3 is 2.96 bits per heavy atom. The lowest BCUT2D eigenvalue weighted by Gasteiger charge is -2.18. The maximum atomic E-state index is 12.6. The van der Waals surface area contributed by atoms with Crippen LogP contribution in [-0.2, 0) is 19.4 Å². The molecule has 4 rings (SSSR count). The Labute approximate surface area is 162 Å². The highest BCUT2D eigenvalue weighted by molar-refractivity contribution is 7.10. The number of hydrogen-bond donors (Lipinski definition) is 2. The van der Waals surface area contributed by atoms with Gasteiger partial charge in [0.25, 0.3) is 5.91 Å². The molecule has 0 radical (unpaired) electrons. The van der Waals surface area contributed by atoms with Crippen LogP contribution < -0.4 is 10.1 Å². The van der Waals surface area contributed by atoms with Crippen LogP contribution in [0.2, 0.25) is 0 Å². The van der Waals surface area contributed by atoms with Crippen LogP contribution in [0.4, 0.5) is 0 Å². The van der Waals surface area contributed by atoms with Crippen molar-refractivity contribution >= 4 is 17.2 Å². The van der Waals surface area contributed by atoms with E-state index >= 15 is 0 Å². The second-order valence-electron chi connectivity index (χ2n) is 6.92. The lowest BCUT2D eigenvalue weighted by molar-refractivity contribution is 0.0949. The summed E-state index contributed by atoms with van der Waals surface area (Å²) in [6, 6.07) is 7.55. The van der Waals surface area contributed by atoms with Crippen LogP contribution in [0.15, 0.2) is 29.6 Å². The molecule has 3 aromatic rings. The van der Waals surface area contributed by atoms with E-state index in [-0.39, 0.29) is 5.91 Å². The van der Waals surface area contributed by atoms with E-state index in [9.17, 15) is 4.79 Å². The van der Waals surface area contributed by atoms with Gasteiger partial charge in [0, 0.05) is 15.8 Å². The van der Waals surface area contributed by atoms with Crippen LogP contribution >= 0.6 is 11.3 Å². The van der Waals surface area contributed by atoms with E-state index in [2.05, 4.69) is 27.4 Å². The first-order valence-corrected chi connectivity index (χ1v) is 9.95. The Hall–Kier alpha value is -2.67. The molecule has 2 aromatic heterocycles. The zero-order valence-electron chi connectivity index (χ0n) is 15.4. The molecule has 2 heterocycles. The van der Waals surface area contributed by atoms with Crippen molar-refractivity contribution in [3.05, 3.63) is 51.5 Å². The number of methoxy groups -OCH3 is 1. The van der Waals surface area contributed by atoms with Crippen LogP contribution in [0.3, 0.4) is 0 Å². The Morgan fingerprint density at radius 1 is 1.37 bits per heavy atom. The summed E-state index contributed by atoms with van der Waals surface area (Å²) in [6.07, 6.45) is 3.23. The van der Waals surface area contributed by atoms with Crippen molar-refractivity contribution in [1.82, 2.24) is 20.5 Å². The van der Waals surface area contributed by atoms with E-state index < -0.39 is 0 Å². The van der Waals surface area contributed by atoms with Crippen LogP contribution in [0.1, 0.15) is 40.0 Å². The number of thiophene rings is 1. The van der Waals surface area contributed by atoms with Crippen molar-refractivity contribution in [2.75, 3.05) is 7.11 Å². The number of carbonyl (C=O) groups excluding carboxylic acids is 1. The van der Waals surface area contributed by atoms with Crippen LogP contribution in [0, 0.1) is 5.92 Å². The quantitative estimate of drug-likeness (QED) is 0.707. The maximum absolute atomic E-state index is 12.6. The predicted octanol–water partition coefficient (Wildman–Crippen LogP) is 3.60. The Kier molecular flexibility index (Phi) is 4.94. The zero-order chi connectivity index (χ0) is 18.8. The van der Waals surface area contributed by atoms with E-state index in [4.69, 9.17) is 4.74 Å². The third-order valence-electron chi connectivity index (χ3n) is 4.94. The smallest absolute Gasteiger partial charge is 0.252 e. The summed E-state index contributed by atoms with van der Waals surface area (Å²) in [5.41, 5.74) is 2.94. The molecule has 1 aromatic carbocycles. The minimum absolute atomic E-state index is 0.0375. The van der Waals surface area contributed by atoms with Gasteiger partial charge in [-0.25, -0.2) is 4.98 Å². The Morgan fingerprint density at radius 2 is 2.19 bits per heavy atom. The topological polar surface area (TPSA) is 79.9 Å². The Balaban J connectivity index is 1.41. The van der Waals surface area contributed by atoms with Gasteiger partial charge in [0.15, 0.2) is 5.82 Å². The summed E-state index contributed by atoms with van der Waals surface area (Å²) in [7, 11) is 1.63. The second-order valence-corrected chi connectivity index (χ2v) is 7.88. The molecular weight excluding hydrogens is 360 g/mol. The van der Waals surface area contributed by atoms with Gasteiger partial charge in [-0.05, 0) is 55.0 Å². The number of rotatable bonds is 5. The number of hydrogen-bond acceptors (Lipinski definition) is 5. The van der Waals surface area contributed by atoms with Crippen molar-refractivity contribution in [2.45, 2.75) is 32.7 Å². The average Bonchev–Trinajstić information content (AvgIpc) is 3.33. The van der Waals surface area contributed by atoms with E-state index in [0.717, 1.165) is 36.1 Å². The summed E-state index contributed by atoms with van der Waals surface area (Å²) in [4.78, 5) is 18.4. The maximum Gasteiger partial charge on any atom is 0.252 e. The fraction of sp³-hybridized carbons (Fsp3) is 0.350. The molecule has 1 aliphatic carbocycles. The third-order valence-corrected chi connectivity index (χ3v) is 5.99. The van der Waals surface area contributed by atoms with Gasteiger partial charge in [-0.1, -0.05) is 6.92 Å². The van der Waals surface area contributed by atoms with Gasteiger partial charge in [0.2, 0.25) is 0 Å². The summed E-state index contributed by atoms with van der Waals surface area (Å²) in [6.45, 7) is 2.59. The fourth-order valence-corrected chi connectivity index (χ4v) is 4.61. The highest BCUT2D eigenvalue weighted by Crippen LogP contribution is 2.32. The fourth-order valence-electron chi connectivity index (χ4n) is 3.37. The van der Waals surface area contributed by atoms with Crippen LogP contribution in [0.5, 0.6) is 5.75 Å². The summed E-state index contributed by atoms with van der Waals surface area (Å²) >= 11 is 1.70. The molecule has 0 aliphatic heterocycles. The van der Waals surface area contributed by atoms with Gasteiger partial charge in [0.05, 0.1) is 19.2 Å². The number of carbonyl (C=O) groups is 1. The molecule has 1 unspecified atom stereocenters. The number of nitrogens with one attached hydrogen (secondary N) is 2. The first-order valence-electron chi connectivity index (χ1n) is 9.07. The van der Waals surface area contributed by atoms with Crippen molar-refractivity contribution in [3.63, 3.8) is 0 Å². The predicted molar refractivity (Wildman–Crippen MR) is 105 cm³/mol. The molecule has 2 N–H and O–H groups in total. The first-order chi connectivity index (χ1) is 13.1. The number of ether oxygens (including phenoxy) is 1. The lowest BCUT2D eigenvalue weighted by atomic mass is 9.88. The Bertz CT molecular complexity index is 945. The zero-order valence-corrected chi connectivity index (χ0v) is 16.2. The molecule has 0 spiro atoms. The normalized spacial score (nSPS) is 16.0. The molecule has 1 atom stereocenters. The van der Waals surface area contributed by atoms with E-state index in [1.807, 2.05) is 29.6 Å². The van der Waals surface area contributed by atoms with Crippen molar-refractivity contribution in [1.29, 1.82) is 0 Å². The molecule has 1 amide bonds. The monoisotopic (exact) mass is 382 g/mol. The molecule has 6 nitrogen and oxygen atoms in total. The van der Waals surface area contributed by atoms with Gasteiger partial charge >= 0.3 is 0 Å². The molecule has 7 heteroatoms. The number of nitrogens with zero attached hydrogens (tertiary/aromatic N) is 2. The van der Waals surface area contributed by atoms with Gasteiger partial charge in [0.1, 0.15) is 11.6 Å². The second kappa shape index (κ2) is 7.52. The number of aromatic amines is 1. The van der Waals surface area contributed by atoms with Crippen molar-refractivity contribution in [3.8, 4) is 17.1 Å². The molecule has 0 fully saturated rings. The number of benzene rings is 1. The molecule has 27 heavy (non-hydrogen) atoms. The number of amides is 1. The molecule has 0 saturated carbocycles. The van der Waals surface area contributed by atoms with Crippen LogP contribution in [-0.4, -0.2) is 28.2 Å². The third kappa shape index (κ3) is 3.73. The standard InChI is InChI=1S/C20H22N4O2S/c1-12-3-8-15-16(11-27-17(15)9-12)20(25)21-10-18-22-19(24-23-18)13-4-6-14(26-2)7-5-13/h4-7,11-12H,3,8-10H2,1-2H3,(H,21,25)(H,22,23,24). The van der Waals surface area contributed by atoms with Crippen molar-refractivity contribution in [2.24, 2.45) is 5.92 Å². The molecule has 0 bridgehead atoms. The first kappa shape index (κ1) is 17.7.